The first-order valence-electron chi connectivity index (χ1n) is 5.72. The van der Waals surface area contributed by atoms with Gasteiger partial charge < -0.3 is 10.4 Å². The average Bonchev–Trinajstić information content (AvgIpc) is 2.96. The maximum Gasteiger partial charge on any atom is 0.307 e. The molecule has 0 radical (unpaired) electrons. The normalized spacial score (nSPS) is 30.8. The zero-order valence-electron chi connectivity index (χ0n) is 9.40. The number of amides is 1. The molecule has 0 aromatic carbocycles. The largest absolute Gasteiger partial charge is 0.481 e. The van der Waals surface area contributed by atoms with Crippen LogP contribution in [-0.2, 0) is 9.59 Å². The Morgan fingerprint density at radius 2 is 1.81 bits per heavy atom. The summed E-state index contributed by atoms with van der Waals surface area (Å²) in [6.07, 6.45) is 6.75. The predicted octanol–water partition coefficient (Wildman–Crippen LogP) is 1.32. The Bertz CT molecular complexity index is 344. The molecule has 2 unspecified atom stereocenters. The van der Waals surface area contributed by atoms with Crippen molar-refractivity contribution in [3.05, 3.63) is 12.2 Å². The number of carbonyl (C=O) groups is 2. The van der Waals surface area contributed by atoms with Crippen LogP contribution in [0.15, 0.2) is 12.2 Å². The number of allylic oxidation sites excluding steroid dienone is 2. The van der Waals surface area contributed by atoms with Crippen molar-refractivity contribution < 1.29 is 14.7 Å². The molecule has 1 amide bonds. The SMILES string of the molecule is CC1(NC(=O)C2CC=CCC2C(=O)O)CC1. The number of aliphatic carboxylic acids is 1. The monoisotopic (exact) mass is 223 g/mol. The molecule has 88 valence electrons. The van der Waals surface area contributed by atoms with Crippen LogP contribution in [0.25, 0.3) is 0 Å². The van der Waals surface area contributed by atoms with Gasteiger partial charge in [0.15, 0.2) is 0 Å². The maximum absolute atomic E-state index is 12.0. The fourth-order valence-corrected chi connectivity index (χ4v) is 2.08. The molecule has 0 aromatic heterocycles. The van der Waals surface area contributed by atoms with Gasteiger partial charge in [-0.3, -0.25) is 9.59 Å². The van der Waals surface area contributed by atoms with Gasteiger partial charge in [-0.05, 0) is 32.6 Å². The molecule has 0 saturated heterocycles. The molecule has 0 aromatic rings. The van der Waals surface area contributed by atoms with Crippen LogP contribution in [0.4, 0.5) is 0 Å². The number of hydrogen-bond donors (Lipinski definition) is 2. The summed E-state index contributed by atoms with van der Waals surface area (Å²) in [6.45, 7) is 2.00. The molecule has 2 aliphatic carbocycles. The van der Waals surface area contributed by atoms with Gasteiger partial charge in [-0.25, -0.2) is 0 Å². The van der Waals surface area contributed by atoms with Gasteiger partial charge in [0.25, 0.3) is 0 Å². The number of carboxylic acids is 1. The van der Waals surface area contributed by atoms with E-state index in [1.807, 2.05) is 19.1 Å². The summed E-state index contributed by atoms with van der Waals surface area (Å²) >= 11 is 0. The Hall–Kier alpha value is -1.32. The maximum atomic E-state index is 12.0. The van der Waals surface area contributed by atoms with Gasteiger partial charge >= 0.3 is 5.97 Å². The van der Waals surface area contributed by atoms with Crippen molar-refractivity contribution in [2.45, 2.75) is 38.1 Å². The van der Waals surface area contributed by atoms with Crippen molar-refractivity contribution in [3.8, 4) is 0 Å². The molecule has 1 fully saturated rings. The quantitative estimate of drug-likeness (QED) is 0.709. The van der Waals surface area contributed by atoms with E-state index in [1.165, 1.54) is 0 Å². The van der Waals surface area contributed by atoms with Gasteiger partial charge in [0, 0.05) is 5.54 Å². The lowest BCUT2D eigenvalue weighted by Crippen LogP contribution is -2.43. The third kappa shape index (κ3) is 2.26. The van der Waals surface area contributed by atoms with E-state index in [1.54, 1.807) is 0 Å². The molecule has 1 saturated carbocycles. The fraction of sp³-hybridized carbons (Fsp3) is 0.667. The standard InChI is InChI=1S/C12H17NO3/c1-12(6-7-12)13-10(14)8-4-2-3-5-9(8)11(15)16/h2-3,8-9H,4-7H2,1H3,(H,13,14)(H,15,16). The second kappa shape index (κ2) is 3.92. The summed E-state index contributed by atoms with van der Waals surface area (Å²) in [7, 11) is 0. The first-order valence-corrected chi connectivity index (χ1v) is 5.72. The second-order valence-corrected chi connectivity index (χ2v) is 5.04. The first kappa shape index (κ1) is 11.2. The zero-order chi connectivity index (χ0) is 11.8. The van der Waals surface area contributed by atoms with Crippen molar-refractivity contribution in [2.75, 3.05) is 0 Å². The van der Waals surface area contributed by atoms with Crippen molar-refractivity contribution in [1.29, 1.82) is 0 Å². The van der Waals surface area contributed by atoms with Crippen LogP contribution in [-0.4, -0.2) is 22.5 Å². The van der Waals surface area contributed by atoms with E-state index in [4.69, 9.17) is 5.11 Å². The van der Waals surface area contributed by atoms with Crippen LogP contribution in [0.2, 0.25) is 0 Å². The lowest BCUT2D eigenvalue weighted by Gasteiger charge is -2.25. The van der Waals surface area contributed by atoms with E-state index >= 15 is 0 Å². The van der Waals surface area contributed by atoms with Crippen LogP contribution in [0.3, 0.4) is 0 Å². The zero-order valence-corrected chi connectivity index (χ0v) is 9.40. The molecule has 2 rings (SSSR count). The summed E-state index contributed by atoms with van der Waals surface area (Å²) in [5, 5.41) is 12.0. The minimum absolute atomic E-state index is 0.0682. The average molecular weight is 223 g/mol. The third-order valence-corrected chi connectivity index (χ3v) is 3.51. The minimum Gasteiger partial charge on any atom is -0.481 e. The molecule has 0 aliphatic heterocycles. The summed E-state index contributed by atoms with van der Waals surface area (Å²) < 4.78 is 0. The van der Waals surface area contributed by atoms with Crippen molar-refractivity contribution in [2.24, 2.45) is 11.8 Å². The summed E-state index contributed by atoms with van der Waals surface area (Å²) in [5.74, 6) is -1.94. The van der Waals surface area contributed by atoms with Crippen molar-refractivity contribution >= 4 is 11.9 Å². The summed E-state index contributed by atoms with van der Waals surface area (Å²) in [6, 6.07) is 0. The Morgan fingerprint density at radius 1 is 1.25 bits per heavy atom. The molecule has 4 nitrogen and oxygen atoms in total. The molecular formula is C12H17NO3. The van der Waals surface area contributed by atoms with Crippen molar-refractivity contribution in [3.63, 3.8) is 0 Å². The van der Waals surface area contributed by atoms with Gasteiger partial charge in [0.2, 0.25) is 5.91 Å². The Labute approximate surface area is 94.7 Å². The Kier molecular flexibility index (Phi) is 2.74. The van der Waals surface area contributed by atoms with Crippen molar-refractivity contribution in [1.82, 2.24) is 5.32 Å². The van der Waals surface area contributed by atoms with Gasteiger partial charge in [-0.15, -0.1) is 0 Å². The molecule has 16 heavy (non-hydrogen) atoms. The van der Waals surface area contributed by atoms with Gasteiger partial charge in [0.1, 0.15) is 0 Å². The van der Waals surface area contributed by atoms with Gasteiger partial charge in [-0.2, -0.15) is 0 Å². The van der Waals surface area contributed by atoms with Crippen LogP contribution >= 0.6 is 0 Å². The van der Waals surface area contributed by atoms with E-state index < -0.39 is 17.8 Å². The topological polar surface area (TPSA) is 66.4 Å². The smallest absolute Gasteiger partial charge is 0.307 e. The highest BCUT2D eigenvalue weighted by Gasteiger charge is 2.42. The minimum atomic E-state index is -0.870. The van der Waals surface area contributed by atoms with Gasteiger partial charge in [-0.1, -0.05) is 12.2 Å². The van der Waals surface area contributed by atoms with E-state index in [9.17, 15) is 9.59 Å². The first-order chi connectivity index (χ1) is 7.52. The fourth-order valence-electron chi connectivity index (χ4n) is 2.08. The molecule has 2 aliphatic rings. The Balaban J connectivity index is 2.02. The third-order valence-electron chi connectivity index (χ3n) is 3.51. The molecule has 2 N–H and O–H groups in total. The molecule has 4 heteroatoms. The van der Waals surface area contributed by atoms with E-state index in [-0.39, 0.29) is 11.4 Å². The van der Waals surface area contributed by atoms with Gasteiger partial charge in [0.05, 0.1) is 11.8 Å². The summed E-state index contributed by atoms with van der Waals surface area (Å²) in [4.78, 5) is 23.0. The molecular weight excluding hydrogens is 206 g/mol. The lowest BCUT2D eigenvalue weighted by molar-refractivity contribution is -0.147. The number of rotatable bonds is 3. The molecule has 2 atom stereocenters. The highest BCUT2D eigenvalue weighted by Crippen LogP contribution is 2.36. The van der Waals surface area contributed by atoms with E-state index in [2.05, 4.69) is 5.32 Å². The van der Waals surface area contributed by atoms with Crippen LogP contribution in [0, 0.1) is 11.8 Å². The number of nitrogens with one attached hydrogen (secondary N) is 1. The number of hydrogen-bond acceptors (Lipinski definition) is 2. The second-order valence-electron chi connectivity index (χ2n) is 5.04. The molecule has 0 spiro atoms. The van der Waals surface area contributed by atoms with Crippen LogP contribution < -0.4 is 5.32 Å². The number of carboxylic acid groups (broad SMARTS) is 1. The van der Waals surface area contributed by atoms with Crippen LogP contribution in [0.1, 0.15) is 32.6 Å². The molecule has 0 bridgehead atoms. The highest BCUT2D eigenvalue weighted by molar-refractivity contribution is 5.86. The summed E-state index contributed by atoms with van der Waals surface area (Å²) in [5.41, 5.74) is -0.0682. The number of carbonyl (C=O) groups excluding carboxylic acids is 1. The van der Waals surface area contributed by atoms with E-state index in [0.29, 0.717) is 12.8 Å². The molecule has 0 heterocycles. The predicted molar refractivity (Wildman–Crippen MR) is 58.8 cm³/mol. The van der Waals surface area contributed by atoms with E-state index in [0.717, 1.165) is 12.8 Å². The highest BCUT2D eigenvalue weighted by atomic mass is 16.4. The Morgan fingerprint density at radius 3 is 2.31 bits per heavy atom. The van der Waals surface area contributed by atoms with Crippen LogP contribution in [0.5, 0.6) is 0 Å². The lowest BCUT2D eigenvalue weighted by atomic mass is 9.82.